The standard InChI is InChI=1S/C61H83F2N5O12S2/c62-48-16-14-46-42-57(67-29-6-2-7-30-67)59(55(46)44-48)79-51-18-22-53(23-19-51)81(71,72)41-11-34-76-38-39-77-35-27-65-61(70)64-26-5-1-4-12-50(69)13-10-33-75-37-40-78-36-28-66-82(73,74)54-24-20-52(21-25-54)80-60-56-45-49(63)17-15-47(56)43-58(60)68-31-8-3-9-32-68/h14-25,44-45,57-60,66H,1-13,26-43H2,(H2,64,65,70)/t57-,58-,59-,60-/m0/s1. The minimum Gasteiger partial charge on any atom is -0.484 e. The third-order valence-electron chi connectivity index (χ3n) is 15.6. The van der Waals surface area contributed by atoms with Gasteiger partial charge in [0.1, 0.15) is 41.1 Å². The van der Waals surface area contributed by atoms with Crippen LogP contribution in [0, 0.1) is 11.6 Å². The average molecular weight is 1180 g/mol. The van der Waals surface area contributed by atoms with Crippen LogP contribution in [-0.2, 0) is 56.4 Å². The molecule has 0 aromatic heterocycles. The van der Waals surface area contributed by atoms with Gasteiger partial charge in [0.2, 0.25) is 10.0 Å². The highest BCUT2D eigenvalue weighted by molar-refractivity contribution is 7.91. The molecule has 8 rings (SSSR count). The number of sulfonamides is 1. The van der Waals surface area contributed by atoms with E-state index in [0.29, 0.717) is 76.7 Å². The van der Waals surface area contributed by atoms with Gasteiger partial charge in [-0.15, -0.1) is 0 Å². The number of unbranched alkanes of at least 4 members (excludes halogenated alkanes) is 2. The topological polar surface area (TPSA) is 200 Å². The lowest BCUT2D eigenvalue weighted by molar-refractivity contribution is -0.119. The number of nitrogens with one attached hydrogen (secondary N) is 3. The van der Waals surface area contributed by atoms with Gasteiger partial charge >= 0.3 is 6.03 Å². The molecule has 3 N–H and O–H groups in total. The lowest BCUT2D eigenvalue weighted by Gasteiger charge is -2.35. The van der Waals surface area contributed by atoms with Crippen LogP contribution in [0.15, 0.2) is 94.7 Å². The minimum atomic E-state index is -3.79. The third kappa shape index (κ3) is 19.2. The van der Waals surface area contributed by atoms with Gasteiger partial charge in [0.05, 0.1) is 67.3 Å². The van der Waals surface area contributed by atoms with Crippen molar-refractivity contribution in [2.75, 3.05) is 104 Å². The van der Waals surface area contributed by atoms with E-state index >= 15 is 0 Å². The number of benzene rings is 4. The van der Waals surface area contributed by atoms with E-state index in [4.69, 9.17) is 28.4 Å². The molecule has 0 unspecified atom stereocenters. The summed E-state index contributed by atoms with van der Waals surface area (Å²) < 4.78 is 118. The summed E-state index contributed by atoms with van der Waals surface area (Å²) in [6.45, 7) is 7.09. The number of likely N-dealkylation sites (tertiary alicyclic amines) is 2. The van der Waals surface area contributed by atoms with E-state index < -0.39 is 19.9 Å². The zero-order valence-electron chi connectivity index (χ0n) is 47.2. The molecule has 4 aromatic rings. The van der Waals surface area contributed by atoms with Crippen LogP contribution in [-0.4, -0.2) is 155 Å². The fourth-order valence-corrected chi connectivity index (χ4v) is 13.6. The van der Waals surface area contributed by atoms with Crippen molar-refractivity contribution in [3.05, 3.63) is 119 Å². The van der Waals surface area contributed by atoms with Crippen molar-refractivity contribution in [3.8, 4) is 11.5 Å². The number of ketones is 1. The normalized spacial score (nSPS) is 19.4. The summed E-state index contributed by atoms with van der Waals surface area (Å²) in [4.78, 5) is 29.7. The number of fused-ring (bicyclic) bond motifs is 2. The van der Waals surface area contributed by atoms with Crippen molar-refractivity contribution in [2.45, 2.75) is 130 Å². The van der Waals surface area contributed by atoms with Gasteiger partial charge in [0, 0.05) is 56.8 Å². The smallest absolute Gasteiger partial charge is 0.314 e. The first-order valence-electron chi connectivity index (χ1n) is 29.5. The molecular formula is C61H83F2N5O12S2. The van der Waals surface area contributed by atoms with E-state index in [1.807, 2.05) is 12.1 Å². The largest absolute Gasteiger partial charge is 0.484 e. The van der Waals surface area contributed by atoms with Crippen LogP contribution in [0.2, 0.25) is 0 Å². The van der Waals surface area contributed by atoms with Crippen LogP contribution in [0.5, 0.6) is 11.5 Å². The Morgan fingerprint density at radius 2 is 0.976 bits per heavy atom. The number of sulfone groups is 1. The summed E-state index contributed by atoms with van der Waals surface area (Å²) in [6, 6.07) is 22.5. The van der Waals surface area contributed by atoms with Gasteiger partial charge in [-0.2, -0.15) is 0 Å². The number of hydrogen-bond acceptors (Lipinski definition) is 14. The van der Waals surface area contributed by atoms with Gasteiger partial charge in [-0.3, -0.25) is 14.6 Å². The highest BCUT2D eigenvalue weighted by Gasteiger charge is 2.40. The molecular weight excluding hydrogens is 1100 g/mol. The Bertz CT molecular complexity index is 2660. The maximum atomic E-state index is 14.3. The van der Waals surface area contributed by atoms with E-state index in [1.165, 1.54) is 37.1 Å². The molecule has 0 saturated carbocycles. The molecule has 2 aliphatic carbocycles. The molecule has 4 aromatic carbocycles. The number of halogens is 2. The third-order valence-corrected chi connectivity index (χ3v) is 18.9. The molecule has 2 fully saturated rings. The number of hydrogen-bond donors (Lipinski definition) is 3. The summed E-state index contributed by atoms with van der Waals surface area (Å²) in [7, 11) is -7.33. The monoisotopic (exact) mass is 1180 g/mol. The lowest BCUT2D eigenvalue weighted by atomic mass is 10.0. The van der Waals surface area contributed by atoms with Crippen LogP contribution >= 0.6 is 0 Å². The van der Waals surface area contributed by atoms with E-state index in [0.717, 1.165) is 106 Å². The average Bonchev–Trinajstić information content (AvgIpc) is 4.25. The number of Topliss-reactive ketones (excluding diaryl/α,β-unsaturated/α-hetero) is 1. The molecule has 4 atom stereocenters. The van der Waals surface area contributed by atoms with Gasteiger partial charge in [-0.05, 0) is 174 Å². The van der Waals surface area contributed by atoms with Gasteiger partial charge in [-0.25, -0.2) is 35.1 Å². The molecule has 0 bridgehead atoms. The number of ether oxygens (including phenoxy) is 6. The summed E-state index contributed by atoms with van der Waals surface area (Å²) in [6.07, 6.45) is 11.9. The molecule has 450 valence electrons. The zero-order chi connectivity index (χ0) is 57.6. The summed E-state index contributed by atoms with van der Waals surface area (Å²) in [5.41, 5.74) is 3.86. The van der Waals surface area contributed by atoms with Gasteiger partial charge in [-0.1, -0.05) is 31.4 Å². The minimum absolute atomic E-state index is 0.0741. The number of carbonyl (C=O) groups is 2. The SMILES string of the molecule is O=C(CCCCCNC(=O)NCCOCCOCCCS(=O)(=O)c1ccc(O[C@H]2c3cc(F)ccc3C[C@@H]2N2CCCCC2)cc1)CCCOCCOCCNS(=O)(=O)c1ccc(O[C@H]2c3cc(F)ccc3C[C@@H]2N2CCCCC2)cc1. The van der Waals surface area contributed by atoms with Crippen LogP contribution in [0.1, 0.15) is 118 Å². The second-order valence-electron chi connectivity index (χ2n) is 21.6. The van der Waals surface area contributed by atoms with Crippen molar-refractivity contribution < 1.29 is 63.6 Å². The van der Waals surface area contributed by atoms with E-state index in [-0.39, 0.29) is 96.3 Å². The highest BCUT2D eigenvalue weighted by Crippen LogP contribution is 2.41. The molecule has 0 spiro atoms. The highest BCUT2D eigenvalue weighted by atomic mass is 32.2. The zero-order valence-corrected chi connectivity index (χ0v) is 48.8. The summed E-state index contributed by atoms with van der Waals surface area (Å²) in [5.74, 6) is 0.554. The quantitative estimate of drug-likeness (QED) is 0.0371. The number of rotatable bonds is 35. The fourth-order valence-electron chi connectivity index (χ4n) is 11.3. The lowest BCUT2D eigenvalue weighted by Crippen LogP contribution is -2.43. The first kappa shape index (κ1) is 62.9. The maximum Gasteiger partial charge on any atom is 0.314 e. The van der Waals surface area contributed by atoms with Crippen LogP contribution in [0.25, 0.3) is 0 Å². The van der Waals surface area contributed by atoms with Crippen molar-refractivity contribution in [3.63, 3.8) is 0 Å². The second kappa shape index (κ2) is 32.3. The van der Waals surface area contributed by atoms with E-state index in [9.17, 15) is 35.2 Å². The molecule has 2 saturated heterocycles. The molecule has 2 aliphatic heterocycles. The van der Waals surface area contributed by atoms with Crippen LogP contribution < -0.4 is 24.8 Å². The van der Waals surface area contributed by atoms with Gasteiger partial charge < -0.3 is 39.1 Å². The second-order valence-corrected chi connectivity index (χ2v) is 25.5. The number of piperidine rings is 2. The number of amides is 2. The Morgan fingerprint density at radius 1 is 0.500 bits per heavy atom. The fraction of sp³-hybridized carbons (Fsp3) is 0.574. The Balaban J connectivity index is 0.570. The van der Waals surface area contributed by atoms with Crippen molar-refractivity contribution in [2.24, 2.45) is 0 Å². The van der Waals surface area contributed by atoms with E-state index in [1.54, 1.807) is 48.5 Å². The van der Waals surface area contributed by atoms with Crippen molar-refractivity contribution in [1.82, 2.24) is 25.2 Å². The number of nitrogens with zero attached hydrogens (tertiary/aromatic N) is 2. The summed E-state index contributed by atoms with van der Waals surface area (Å²) >= 11 is 0. The first-order chi connectivity index (χ1) is 39.8. The van der Waals surface area contributed by atoms with Gasteiger partial charge in [0.15, 0.2) is 9.84 Å². The molecule has 4 aliphatic rings. The Hall–Kier alpha value is -5.10. The Morgan fingerprint density at radius 3 is 1.52 bits per heavy atom. The molecule has 2 heterocycles. The Kier molecular flexibility index (Phi) is 24.8. The molecule has 17 nitrogen and oxygen atoms in total. The Labute approximate surface area is 483 Å². The van der Waals surface area contributed by atoms with E-state index in [2.05, 4.69) is 25.2 Å². The maximum absolute atomic E-state index is 14.3. The van der Waals surface area contributed by atoms with Crippen LogP contribution in [0.3, 0.4) is 0 Å². The molecule has 82 heavy (non-hydrogen) atoms. The number of carbonyl (C=O) groups excluding carboxylic acids is 2. The van der Waals surface area contributed by atoms with Crippen molar-refractivity contribution in [1.29, 1.82) is 0 Å². The summed E-state index contributed by atoms with van der Waals surface area (Å²) in [5, 5.41) is 5.55. The molecule has 0 radical (unpaired) electrons. The first-order valence-corrected chi connectivity index (χ1v) is 32.6. The molecule has 2 amide bonds. The van der Waals surface area contributed by atoms with Crippen LogP contribution in [0.4, 0.5) is 13.6 Å². The van der Waals surface area contributed by atoms with Crippen molar-refractivity contribution >= 4 is 31.7 Å². The predicted octanol–water partition coefficient (Wildman–Crippen LogP) is 8.44. The predicted molar refractivity (Wildman–Crippen MR) is 307 cm³/mol. The molecule has 21 heteroatoms. The number of urea groups is 1. The van der Waals surface area contributed by atoms with Gasteiger partial charge in [0.25, 0.3) is 0 Å².